The van der Waals surface area contributed by atoms with Crippen LogP contribution in [-0.2, 0) is 17.6 Å². The Hall–Kier alpha value is -1.62. The quantitative estimate of drug-likeness (QED) is 0.847. The minimum Gasteiger partial charge on any atom is -0.459 e. The fraction of sp³-hybridized carbons (Fsp3) is 0.529. The Labute approximate surface area is 134 Å². The van der Waals surface area contributed by atoms with E-state index in [0.29, 0.717) is 10.6 Å². The van der Waals surface area contributed by atoms with Gasteiger partial charge in [0.25, 0.3) is 0 Å². The lowest BCUT2D eigenvalue weighted by Gasteiger charge is -2.12. The number of esters is 1. The van der Waals surface area contributed by atoms with Gasteiger partial charge in [0.2, 0.25) is 0 Å². The standard InChI is InChI=1S/C17H22N2O2S/c1-10(2)21-17(20)15-14(18)12-9-11-7-5-3-4-6-8-13(11)19-16(12)22-15/h9-10H,3-8,18H2,1-2H3. The van der Waals surface area contributed by atoms with Crippen LogP contribution in [0.3, 0.4) is 0 Å². The van der Waals surface area contributed by atoms with E-state index in [9.17, 15) is 4.79 Å². The van der Waals surface area contributed by atoms with Crippen LogP contribution in [0.2, 0.25) is 0 Å². The van der Waals surface area contributed by atoms with Crippen LogP contribution in [0.1, 0.15) is 60.5 Å². The largest absolute Gasteiger partial charge is 0.459 e. The summed E-state index contributed by atoms with van der Waals surface area (Å²) in [5.41, 5.74) is 9.18. The van der Waals surface area contributed by atoms with Crippen molar-refractivity contribution in [1.82, 2.24) is 4.98 Å². The van der Waals surface area contributed by atoms with Crippen molar-refractivity contribution in [3.05, 3.63) is 22.2 Å². The van der Waals surface area contributed by atoms with Gasteiger partial charge in [-0.2, -0.15) is 0 Å². The van der Waals surface area contributed by atoms with Crippen molar-refractivity contribution in [2.45, 2.75) is 58.5 Å². The summed E-state index contributed by atoms with van der Waals surface area (Å²) in [6.07, 6.45) is 6.88. The van der Waals surface area contributed by atoms with Crippen LogP contribution in [0.4, 0.5) is 5.69 Å². The molecule has 3 rings (SSSR count). The molecular formula is C17H22N2O2S. The predicted octanol–water partition coefficient (Wildman–Crippen LogP) is 4.10. The number of rotatable bonds is 2. The number of nitrogens with zero attached hydrogens (tertiary/aromatic N) is 1. The van der Waals surface area contributed by atoms with E-state index in [1.54, 1.807) is 0 Å². The molecule has 118 valence electrons. The van der Waals surface area contributed by atoms with Crippen molar-refractivity contribution in [3.63, 3.8) is 0 Å². The van der Waals surface area contributed by atoms with Gasteiger partial charge in [0, 0.05) is 11.1 Å². The third-order valence-corrected chi connectivity index (χ3v) is 5.12. The maximum absolute atomic E-state index is 12.2. The lowest BCUT2D eigenvalue weighted by atomic mass is 9.96. The van der Waals surface area contributed by atoms with Crippen LogP contribution in [0.25, 0.3) is 10.2 Å². The van der Waals surface area contributed by atoms with E-state index >= 15 is 0 Å². The number of ether oxygens (including phenoxy) is 1. The third kappa shape index (κ3) is 2.95. The highest BCUT2D eigenvalue weighted by Gasteiger charge is 2.21. The molecule has 1 aliphatic carbocycles. The fourth-order valence-electron chi connectivity index (χ4n) is 2.93. The molecule has 0 aliphatic heterocycles. The number of thiophene rings is 1. The zero-order valence-corrected chi connectivity index (χ0v) is 14.0. The third-order valence-electron chi connectivity index (χ3n) is 4.03. The molecule has 0 saturated carbocycles. The first kappa shape index (κ1) is 15.3. The molecular weight excluding hydrogens is 296 g/mol. The second kappa shape index (κ2) is 6.24. The van der Waals surface area contributed by atoms with Crippen LogP contribution in [0.15, 0.2) is 6.07 Å². The van der Waals surface area contributed by atoms with Crippen molar-refractivity contribution in [3.8, 4) is 0 Å². The van der Waals surface area contributed by atoms with Gasteiger partial charge in [-0.05, 0) is 51.2 Å². The van der Waals surface area contributed by atoms with E-state index < -0.39 is 0 Å². The van der Waals surface area contributed by atoms with Crippen molar-refractivity contribution in [1.29, 1.82) is 0 Å². The van der Waals surface area contributed by atoms with Crippen LogP contribution < -0.4 is 5.73 Å². The molecule has 0 radical (unpaired) electrons. The van der Waals surface area contributed by atoms with Gasteiger partial charge in [0.15, 0.2) is 0 Å². The number of anilines is 1. The van der Waals surface area contributed by atoms with Crippen LogP contribution >= 0.6 is 11.3 Å². The molecule has 0 saturated heterocycles. The molecule has 22 heavy (non-hydrogen) atoms. The van der Waals surface area contributed by atoms with E-state index in [1.807, 2.05) is 13.8 Å². The first-order valence-corrected chi connectivity index (χ1v) is 8.79. The number of carbonyl (C=O) groups excluding carboxylic acids is 1. The van der Waals surface area contributed by atoms with E-state index in [4.69, 9.17) is 15.5 Å². The van der Waals surface area contributed by atoms with Crippen LogP contribution in [-0.4, -0.2) is 17.1 Å². The minimum absolute atomic E-state index is 0.148. The number of nitrogens with two attached hydrogens (primary N) is 1. The van der Waals surface area contributed by atoms with Crippen LogP contribution in [0, 0.1) is 0 Å². The summed E-state index contributed by atoms with van der Waals surface area (Å²) in [7, 11) is 0. The lowest BCUT2D eigenvalue weighted by Crippen LogP contribution is -2.11. The molecule has 0 bridgehead atoms. The summed E-state index contributed by atoms with van der Waals surface area (Å²) < 4.78 is 5.28. The van der Waals surface area contributed by atoms with Gasteiger partial charge in [-0.15, -0.1) is 11.3 Å². The number of aromatic nitrogens is 1. The smallest absolute Gasteiger partial charge is 0.350 e. The summed E-state index contributed by atoms with van der Waals surface area (Å²) >= 11 is 1.35. The number of carbonyl (C=O) groups is 1. The Morgan fingerprint density at radius 3 is 2.73 bits per heavy atom. The topological polar surface area (TPSA) is 65.2 Å². The minimum atomic E-state index is -0.345. The summed E-state index contributed by atoms with van der Waals surface area (Å²) in [5.74, 6) is -0.345. The normalized spacial score (nSPS) is 15.4. The number of aryl methyl sites for hydroxylation is 2. The molecule has 0 atom stereocenters. The highest BCUT2D eigenvalue weighted by Crippen LogP contribution is 2.35. The molecule has 0 spiro atoms. The molecule has 0 fully saturated rings. The van der Waals surface area contributed by atoms with Gasteiger partial charge >= 0.3 is 5.97 Å². The first-order valence-electron chi connectivity index (χ1n) is 7.98. The second-order valence-electron chi connectivity index (χ2n) is 6.16. The molecule has 2 heterocycles. The summed E-state index contributed by atoms with van der Waals surface area (Å²) in [4.78, 5) is 18.3. The molecule has 0 amide bonds. The van der Waals surface area contributed by atoms with Gasteiger partial charge in [0.1, 0.15) is 9.71 Å². The summed E-state index contributed by atoms with van der Waals surface area (Å²) in [6, 6.07) is 2.14. The highest BCUT2D eigenvalue weighted by atomic mass is 32.1. The monoisotopic (exact) mass is 318 g/mol. The molecule has 2 aromatic rings. The molecule has 1 aliphatic rings. The highest BCUT2D eigenvalue weighted by molar-refractivity contribution is 7.21. The molecule has 2 aromatic heterocycles. The van der Waals surface area contributed by atoms with Crippen molar-refractivity contribution < 1.29 is 9.53 Å². The molecule has 4 nitrogen and oxygen atoms in total. The number of hydrogen-bond donors (Lipinski definition) is 1. The molecule has 0 aromatic carbocycles. The van der Waals surface area contributed by atoms with Gasteiger partial charge in [-0.1, -0.05) is 12.8 Å². The molecule has 2 N–H and O–H groups in total. The molecule has 5 heteroatoms. The summed E-state index contributed by atoms with van der Waals surface area (Å²) in [5, 5.41) is 0.903. The Morgan fingerprint density at radius 2 is 2.00 bits per heavy atom. The number of hydrogen-bond acceptors (Lipinski definition) is 5. The van der Waals surface area contributed by atoms with Gasteiger partial charge in [0.05, 0.1) is 11.8 Å². The van der Waals surface area contributed by atoms with Gasteiger partial charge < -0.3 is 10.5 Å². The van der Waals surface area contributed by atoms with E-state index in [2.05, 4.69) is 6.07 Å². The van der Waals surface area contributed by atoms with Crippen molar-refractivity contribution >= 4 is 33.2 Å². The number of nitrogen functional groups attached to an aromatic ring is 1. The van der Waals surface area contributed by atoms with Gasteiger partial charge in [-0.3, -0.25) is 0 Å². The van der Waals surface area contributed by atoms with Gasteiger partial charge in [-0.25, -0.2) is 9.78 Å². The zero-order chi connectivity index (χ0) is 15.7. The fourth-order valence-corrected chi connectivity index (χ4v) is 3.91. The van der Waals surface area contributed by atoms with E-state index in [1.165, 1.54) is 48.3 Å². The Balaban J connectivity index is 2.04. The van der Waals surface area contributed by atoms with Crippen molar-refractivity contribution in [2.24, 2.45) is 0 Å². The SMILES string of the molecule is CC(C)OC(=O)c1sc2nc3c(cc2c1N)CCCCCC3. The van der Waals surface area contributed by atoms with E-state index in [-0.39, 0.29) is 12.1 Å². The average molecular weight is 318 g/mol. The second-order valence-corrected chi connectivity index (χ2v) is 7.16. The lowest BCUT2D eigenvalue weighted by molar-refractivity contribution is 0.0385. The van der Waals surface area contributed by atoms with Crippen molar-refractivity contribution in [2.75, 3.05) is 5.73 Å². The average Bonchev–Trinajstić information content (AvgIpc) is 2.75. The Morgan fingerprint density at radius 1 is 1.27 bits per heavy atom. The maximum Gasteiger partial charge on any atom is 0.350 e. The Kier molecular flexibility index (Phi) is 4.34. The number of fused-ring (bicyclic) bond motifs is 2. The Bertz CT molecular complexity index is 706. The number of pyridine rings is 1. The zero-order valence-electron chi connectivity index (χ0n) is 13.1. The summed E-state index contributed by atoms with van der Waals surface area (Å²) in [6.45, 7) is 3.68. The maximum atomic E-state index is 12.2. The first-order chi connectivity index (χ1) is 10.6. The van der Waals surface area contributed by atoms with E-state index in [0.717, 1.165) is 23.1 Å². The molecule has 0 unspecified atom stereocenters. The predicted molar refractivity (Wildman–Crippen MR) is 90.5 cm³/mol. The van der Waals surface area contributed by atoms with Crippen LogP contribution in [0.5, 0.6) is 0 Å².